The van der Waals surface area contributed by atoms with Crippen molar-refractivity contribution >= 4 is 40.8 Å². The molecule has 2 N–H and O–H groups in total. The summed E-state index contributed by atoms with van der Waals surface area (Å²) in [6.07, 6.45) is 1.52. The average Bonchev–Trinajstić information content (AvgIpc) is 3.03. The van der Waals surface area contributed by atoms with E-state index in [4.69, 9.17) is 4.74 Å². The molecule has 1 aliphatic rings. The van der Waals surface area contributed by atoms with E-state index in [1.54, 1.807) is 48.4 Å². The predicted molar refractivity (Wildman–Crippen MR) is 168 cm³/mol. The van der Waals surface area contributed by atoms with Gasteiger partial charge in [-0.2, -0.15) is 0 Å². The number of hydrogen-bond donors (Lipinski definition) is 2. The number of carbonyl (C=O) groups excluding carboxylic acids is 2. The number of methoxy groups -OCH3 is 1. The first-order valence-electron chi connectivity index (χ1n) is 14.3. The fraction of sp³-hybridized carbons (Fsp3) is 0.200. The van der Waals surface area contributed by atoms with Crippen molar-refractivity contribution in [1.82, 2.24) is 4.90 Å². The number of amides is 1. The monoisotopic (exact) mass is 593 g/mol. The van der Waals surface area contributed by atoms with Crippen LogP contribution >= 0.6 is 7.60 Å². The SMILES string of the molecule is COc1ccc(C2CCN(C(=O)c3cc4ccccc4cc3C(=O)C(c3cccc4ccccc34)P(=O)(O)O)CC2)cc1. The van der Waals surface area contributed by atoms with Gasteiger partial charge in [0.2, 0.25) is 0 Å². The molecular formula is C35H32NO6P. The molecule has 218 valence electrons. The Hall–Kier alpha value is -4.29. The number of nitrogens with zero attached hydrogens (tertiary/aromatic N) is 1. The highest BCUT2D eigenvalue weighted by Gasteiger charge is 2.40. The molecule has 0 saturated carbocycles. The summed E-state index contributed by atoms with van der Waals surface area (Å²) in [5, 5.41) is 2.83. The second-order valence-corrected chi connectivity index (χ2v) is 12.7. The van der Waals surface area contributed by atoms with E-state index in [1.807, 2.05) is 54.6 Å². The van der Waals surface area contributed by atoms with Gasteiger partial charge in [-0.05, 0) is 75.7 Å². The fourth-order valence-corrected chi connectivity index (χ4v) is 7.23. The van der Waals surface area contributed by atoms with Crippen LogP contribution in [0.15, 0.2) is 103 Å². The van der Waals surface area contributed by atoms with Crippen molar-refractivity contribution in [1.29, 1.82) is 0 Å². The molecule has 1 fully saturated rings. The van der Waals surface area contributed by atoms with Crippen LogP contribution in [0.5, 0.6) is 5.75 Å². The zero-order chi connectivity index (χ0) is 30.1. The molecule has 1 amide bonds. The summed E-state index contributed by atoms with van der Waals surface area (Å²) in [6, 6.07) is 30.9. The van der Waals surface area contributed by atoms with Gasteiger partial charge in [-0.3, -0.25) is 14.2 Å². The van der Waals surface area contributed by atoms with Gasteiger partial charge in [0.15, 0.2) is 5.78 Å². The van der Waals surface area contributed by atoms with Crippen LogP contribution in [0.1, 0.15) is 56.3 Å². The first-order valence-corrected chi connectivity index (χ1v) is 16.0. The molecule has 1 heterocycles. The Bertz CT molecular complexity index is 1870. The van der Waals surface area contributed by atoms with Crippen molar-refractivity contribution in [2.24, 2.45) is 0 Å². The van der Waals surface area contributed by atoms with Crippen LogP contribution in [0.3, 0.4) is 0 Å². The predicted octanol–water partition coefficient (Wildman–Crippen LogP) is 7.12. The summed E-state index contributed by atoms with van der Waals surface area (Å²) in [5.74, 6) is -0.00314. The lowest BCUT2D eigenvalue weighted by atomic mass is 9.88. The van der Waals surface area contributed by atoms with E-state index in [1.165, 1.54) is 5.56 Å². The van der Waals surface area contributed by atoms with Gasteiger partial charge in [-0.25, -0.2) is 0 Å². The number of likely N-dealkylation sites (tertiary alicyclic amines) is 1. The zero-order valence-corrected chi connectivity index (χ0v) is 24.6. The first kappa shape index (κ1) is 28.8. The van der Waals surface area contributed by atoms with Gasteiger partial charge < -0.3 is 19.4 Å². The third-order valence-electron chi connectivity index (χ3n) is 8.45. The number of fused-ring (bicyclic) bond motifs is 2. The summed E-state index contributed by atoms with van der Waals surface area (Å²) in [4.78, 5) is 51.3. The van der Waals surface area contributed by atoms with Crippen molar-refractivity contribution in [3.8, 4) is 5.75 Å². The van der Waals surface area contributed by atoms with Gasteiger partial charge in [-0.15, -0.1) is 0 Å². The Kier molecular flexibility index (Phi) is 7.89. The quantitative estimate of drug-likeness (QED) is 0.154. The van der Waals surface area contributed by atoms with E-state index < -0.39 is 19.0 Å². The van der Waals surface area contributed by atoms with Crippen LogP contribution in [0, 0.1) is 0 Å². The van der Waals surface area contributed by atoms with Gasteiger partial charge >= 0.3 is 7.60 Å². The number of benzene rings is 5. The summed E-state index contributed by atoms with van der Waals surface area (Å²) in [5.41, 5.74) is -0.156. The van der Waals surface area contributed by atoms with Gasteiger partial charge in [0.25, 0.3) is 5.91 Å². The van der Waals surface area contributed by atoms with Gasteiger partial charge in [0.1, 0.15) is 11.4 Å². The molecule has 0 bridgehead atoms. The molecule has 0 aliphatic carbocycles. The topological polar surface area (TPSA) is 104 Å². The van der Waals surface area contributed by atoms with Crippen LogP contribution in [-0.4, -0.2) is 46.6 Å². The smallest absolute Gasteiger partial charge is 0.340 e. The van der Waals surface area contributed by atoms with E-state index in [9.17, 15) is 23.9 Å². The minimum atomic E-state index is -5.00. The number of hydrogen-bond acceptors (Lipinski definition) is 4. The van der Waals surface area contributed by atoms with Crippen molar-refractivity contribution in [3.63, 3.8) is 0 Å². The summed E-state index contributed by atoms with van der Waals surface area (Å²) < 4.78 is 18.3. The van der Waals surface area contributed by atoms with Crippen LogP contribution in [0.25, 0.3) is 21.5 Å². The molecule has 5 aromatic rings. The lowest BCUT2D eigenvalue weighted by Crippen LogP contribution is -2.38. The minimum absolute atomic E-state index is 0.0160. The standard InChI is InChI=1S/C35H32NO6P/c1-42-28-15-13-23(14-16-28)24-17-19-36(20-18-24)35(38)32-22-27-9-3-2-8-26(27)21-31(32)33(37)34(43(39,40)41)30-12-6-10-25-7-4-5-11-29(25)30/h2-16,21-22,24,34H,17-20H2,1H3,(H2,39,40,41). The Labute approximate surface area is 249 Å². The molecule has 7 nitrogen and oxygen atoms in total. The first-order chi connectivity index (χ1) is 20.7. The fourth-order valence-electron chi connectivity index (χ4n) is 6.19. The van der Waals surface area contributed by atoms with E-state index >= 15 is 0 Å². The number of ether oxygens (including phenoxy) is 1. The summed E-state index contributed by atoms with van der Waals surface area (Å²) in [7, 11) is -3.36. The molecule has 43 heavy (non-hydrogen) atoms. The number of Topliss-reactive ketones (excluding diaryl/α,β-unsaturated/α-hetero) is 1. The highest BCUT2D eigenvalue weighted by molar-refractivity contribution is 7.53. The number of rotatable bonds is 7. The van der Waals surface area contributed by atoms with Crippen molar-refractivity contribution < 1.29 is 28.7 Å². The number of piperidine rings is 1. The molecular weight excluding hydrogens is 561 g/mol. The molecule has 1 saturated heterocycles. The van der Waals surface area contributed by atoms with Crippen LogP contribution in [0.2, 0.25) is 0 Å². The maximum Gasteiger partial charge on any atom is 0.340 e. The molecule has 0 radical (unpaired) electrons. The Morgan fingerprint density at radius 3 is 2.00 bits per heavy atom. The lowest BCUT2D eigenvalue weighted by Gasteiger charge is -2.33. The zero-order valence-electron chi connectivity index (χ0n) is 23.7. The number of carbonyl (C=O) groups is 2. The highest BCUT2D eigenvalue weighted by Crippen LogP contribution is 2.55. The van der Waals surface area contributed by atoms with E-state index in [0.29, 0.717) is 23.9 Å². The molecule has 0 aromatic heterocycles. The van der Waals surface area contributed by atoms with Gasteiger partial charge in [0.05, 0.1) is 12.7 Å². The van der Waals surface area contributed by atoms with Crippen LogP contribution in [-0.2, 0) is 4.57 Å². The Morgan fingerprint density at radius 1 is 0.791 bits per heavy atom. The normalized spacial score (nSPS) is 15.0. The van der Waals surface area contributed by atoms with Crippen LogP contribution < -0.4 is 4.74 Å². The summed E-state index contributed by atoms with van der Waals surface area (Å²) in [6.45, 7) is 1.00. The van der Waals surface area contributed by atoms with E-state index in [2.05, 4.69) is 12.1 Å². The maximum atomic E-state index is 14.3. The average molecular weight is 594 g/mol. The maximum absolute atomic E-state index is 14.3. The van der Waals surface area contributed by atoms with Gasteiger partial charge in [0, 0.05) is 18.7 Å². The van der Waals surface area contributed by atoms with Crippen molar-refractivity contribution in [3.05, 3.63) is 125 Å². The molecule has 1 atom stereocenters. The third-order valence-corrected chi connectivity index (χ3v) is 9.64. The lowest BCUT2D eigenvalue weighted by molar-refractivity contribution is 0.0708. The van der Waals surface area contributed by atoms with Crippen molar-refractivity contribution in [2.75, 3.05) is 20.2 Å². The minimum Gasteiger partial charge on any atom is -0.497 e. The van der Waals surface area contributed by atoms with Gasteiger partial charge in [-0.1, -0.05) is 78.9 Å². The number of ketones is 1. The largest absolute Gasteiger partial charge is 0.497 e. The van der Waals surface area contributed by atoms with Crippen molar-refractivity contribution in [2.45, 2.75) is 24.4 Å². The molecule has 6 rings (SSSR count). The molecule has 1 aliphatic heterocycles. The second-order valence-electron chi connectivity index (χ2n) is 11.0. The Balaban J connectivity index is 1.37. The van der Waals surface area contributed by atoms with Crippen LogP contribution in [0.4, 0.5) is 0 Å². The molecule has 0 spiro atoms. The van der Waals surface area contributed by atoms with E-state index in [-0.39, 0.29) is 28.5 Å². The Morgan fingerprint density at radius 2 is 1.37 bits per heavy atom. The second kappa shape index (κ2) is 11.8. The van der Waals surface area contributed by atoms with E-state index in [0.717, 1.165) is 29.4 Å². The third kappa shape index (κ3) is 5.72. The summed E-state index contributed by atoms with van der Waals surface area (Å²) >= 11 is 0. The molecule has 8 heteroatoms. The highest BCUT2D eigenvalue weighted by atomic mass is 31.2. The molecule has 5 aromatic carbocycles. The molecule has 1 unspecified atom stereocenters.